The molecule has 0 saturated carbocycles. The number of hydrogen-bond donors (Lipinski definition) is 2. The number of ether oxygens (including phenoxy) is 2. The third-order valence-corrected chi connectivity index (χ3v) is 7.29. The number of aromatic nitrogens is 2. The lowest BCUT2D eigenvalue weighted by atomic mass is 10.0. The fourth-order valence-corrected chi connectivity index (χ4v) is 4.90. The van der Waals surface area contributed by atoms with Gasteiger partial charge in [0.2, 0.25) is 0 Å². The van der Waals surface area contributed by atoms with Crippen LogP contribution in [0.1, 0.15) is 0 Å². The van der Waals surface area contributed by atoms with Crippen molar-refractivity contribution in [3.05, 3.63) is 71.0 Å². The molecule has 2 amide bonds. The van der Waals surface area contributed by atoms with Crippen LogP contribution in [-0.4, -0.2) is 45.9 Å². The highest BCUT2D eigenvalue weighted by molar-refractivity contribution is 7.92. The van der Waals surface area contributed by atoms with Crippen LogP contribution in [0.25, 0.3) is 11.1 Å². The summed E-state index contributed by atoms with van der Waals surface area (Å²) in [6, 6.07) is 11.8. The average molecular weight is 578 g/mol. The molecule has 4 rings (SSSR count). The van der Waals surface area contributed by atoms with Gasteiger partial charge in [-0.3, -0.25) is 4.72 Å². The van der Waals surface area contributed by atoms with Crippen molar-refractivity contribution in [2.45, 2.75) is 4.90 Å². The molecule has 0 fully saturated rings. The van der Waals surface area contributed by atoms with E-state index in [4.69, 9.17) is 32.7 Å². The molecular formula is C24H21Cl2N5O6S. The maximum atomic E-state index is 13.0. The molecule has 0 atom stereocenters. The number of methoxy groups -OCH3 is 2. The number of carbonyl (C=O) groups excluding carboxylic acids is 1. The molecule has 0 radical (unpaired) electrons. The van der Waals surface area contributed by atoms with Crippen LogP contribution in [0.4, 0.5) is 22.1 Å². The largest absolute Gasteiger partial charge is 0.495 e. The van der Waals surface area contributed by atoms with Crippen molar-refractivity contribution < 1.29 is 27.2 Å². The van der Waals surface area contributed by atoms with Crippen LogP contribution in [0.3, 0.4) is 0 Å². The molecule has 2 heterocycles. The van der Waals surface area contributed by atoms with Crippen molar-refractivity contribution in [3.63, 3.8) is 0 Å². The van der Waals surface area contributed by atoms with E-state index in [1.54, 1.807) is 30.3 Å². The fourth-order valence-electron chi connectivity index (χ4n) is 3.50. The number of carbonyl (C=O) groups is 1. The Morgan fingerprint density at radius 3 is 2.37 bits per heavy atom. The number of nitrogens with one attached hydrogen (secondary N) is 2. The highest BCUT2D eigenvalue weighted by Gasteiger charge is 2.25. The first-order valence-corrected chi connectivity index (χ1v) is 13.0. The van der Waals surface area contributed by atoms with Gasteiger partial charge in [0.15, 0.2) is 5.82 Å². The van der Waals surface area contributed by atoms with Gasteiger partial charge in [-0.2, -0.15) is 0 Å². The summed E-state index contributed by atoms with van der Waals surface area (Å²) in [6.07, 6.45) is 2.34. The number of anilines is 3. The number of urea groups is 1. The van der Waals surface area contributed by atoms with E-state index in [1.165, 1.54) is 50.6 Å². The molecule has 2 aromatic heterocycles. The maximum absolute atomic E-state index is 13.0. The van der Waals surface area contributed by atoms with Gasteiger partial charge in [0.1, 0.15) is 28.5 Å². The van der Waals surface area contributed by atoms with Gasteiger partial charge in [-0.05, 0) is 42.0 Å². The van der Waals surface area contributed by atoms with E-state index in [-0.39, 0.29) is 22.2 Å². The highest BCUT2D eigenvalue weighted by atomic mass is 35.5. The summed E-state index contributed by atoms with van der Waals surface area (Å²) < 4.78 is 43.1. The second kappa shape index (κ2) is 11.2. The number of benzene rings is 2. The number of nitrogens with zero attached hydrogens (tertiary/aromatic N) is 3. The van der Waals surface area contributed by atoms with Crippen molar-refractivity contribution in [2.75, 3.05) is 30.9 Å². The standard InChI is InChI=1S/C24H21Cl2N5O6S/c1-27-24(32)31(23-7-5-15(13-28-23)38(33,34)30-22-8-9-37-29-22)19-12-18(26)16(11-21(19)36-3)14-4-6-17(25)20(10-14)35-2/h4-13H,1-3H3,(H,27,32)(H,29,30). The third kappa shape index (κ3) is 5.47. The minimum Gasteiger partial charge on any atom is -0.495 e. The highest BCUT2D eigenvalue weighted by Crippen LogP contribution is 2.42. The molecule has 0 aliphatic carbocycles. The quantitative estimate of drug-likeness (QED) is 0.286. The summed E-state index contributed by atoms with van der Waals surface area (Å²) in [5, 5.41) is 6.81. The molecular weight excluding hydrogens is 557 g/mol. The number of sulfonamides is 1. The second-order valence-electron chi connectivity index (χ2n) is 7.59. The van der Waals surface area contributed by atoms with Crippen LogP contribution >= 0.6 is 23.2 Å². The Bertz CT molecular complexity index is 1560. The van der Waals surface area contributed by atoms with Crippen LogP contribution in [0.15, 0.2) is 70.4 Å². The van der Waals surface area contributed by atoms with E-state index in [1.807, 2.05) is 0 Å². The lowest BCUT2D eigenvalue weighted by molar-refractivity contribution is 0.250. The predicted molar refractivity (Wildman–Crippen MR) is 143 cm³/mol. The zero-order valence-corrected chi connectivity index (χ0v) is 22.6. The smallest absolute Gasteiger partial charge is 0.327 e. The van der Waals surface area contributed by atoms with Crippen molar-refractivity contribution in [1.82, 2.24) is 15.5 Å². The lowest BCUT2D eigenvalue weighted by Crippen LogP contribution is -2.35. The second-order valence-corrected chi connectivity index (χ2v) is 10.1. The monoisotopic (exact) mass is 577 g/mol. The van der Waals surface area contributed by atoms with E-state index < -0.39 is 16.1 Å². The number of rotatable bonds is 8. The summed E-state index contributed by atoms with van der Waals surface area (Å²) in [5.41, 5.74) is 1.58. The number of halogens is 2. The molecule has 0 unspecified atom stereocenters. The van der Waals surface area contributed by atoms with Gasteiger partial charge in [-0.15, -0.1) is 0 Å². The molecule has 14 heteroatoms. The van der Waals surface area contributed by atoms with Gasteiger partial charge in [0.05, 0.1) is 30.0 Å². The Morgan fingerprint density at radius 1 is 1.00 bits per heavy atom. The molecule has 0 bridgehead atoms. The molecule has 0 spiro atoms. The predicted octanol–water partition coefficient (Wildman–Crippen LogP) is 5.34. The first-order chi connectivity index (χ1) is 18.2. The van der Waals surface area contributed by atoms with Crippen LogP contribution < -0.4 is 24.4 Å². The van der Waals surface area contributed by atoms with Gasteiger partial charge in [-0.1, -0.05) is 34.4 Å². The summed E-state index contributed by atoms with van der Waals surface area (Å²) >= 11 is 12.8. The molecule has 0 saturated heterocycles. The molecule has 38 heavy (non-hydrogen) atoms. The topological polar surface area (TPSA) is 136 Å². The first-order valence-electron chi connectivity index (χ1n) is 10.8. The summed E-state index contributed by atoms with van der Waals surface area (Å²) in [7, 11) is 0.392. The Balaban J connectivity index is 1.75. The molecule has 2 N–H and O–H groups in total. The summed E-state index contributed by atoms with van der Waals surface area (Å²) in [6.45, 7) is 0. The SMILES string of the molecule is CNC(=O)N(c1ccc(S(=O)(=O)Nc2ccon2)cn1)c1cc(Cl)c(-c2ccc(Cl)c(OC)c2)cc1OC. The zero-order chi connectivity index (χ0) is 27.4. The van der Waals surface area contributed by atoms with Crippen LogP contribution in [0, 0.1) is 0 Å². The Kier molecular flexibility index (Phi) is 7.95. The van der Waals surface area contributed by atoms with E-state index >= 15 is 0 Å². The minimum atomic E-state index is -4.00. The molecule has 2 aromatic carbocycles. The fraction of sp³-hybridized carbons (Fsp3) is 0.125. The molecule has 4 aromatic rings. The van der Waals surface area contributed by atoms with Gasteiger partial charge >= 0.3 is 6.03 Å². The van der Waals surface area contributed by atoms with Gasteiger partial charge < -0.3 is 19.3 Å². The normalized spacial score (nSPS) is 11.1. The van der Waals surface area contributed by atoms with E-state index in [0.29, 0.717) is 32.7 Å². The Morgan fingerprint density at radius 2 is 1.76 bits per heavy atom. The minimum absolute atomic E-state index is 0.0128. The summed E-state index contributed by atoms with van der Waals surface area (Å²) in [5.74, 6) is 0.888. The summed E-state index contributed by atoms with van der Waals surface area (Å²) in [4.78, 5) is 18.2. The van der Waals surface area contributed by atoms with Gasteiger partial charge in [-0.25, -0.2) is 23.1 Å². The van der Waals surface area contributed by atoms with E-state index in [9.17, 15) is 13.2 Å². The maximum Gasteiger partial charge on any atom is 0.327 e. The van der Waals surface area contributed by atoms with Crippen LogP contribution in [-0.2, 0) is 10.0 Å². The Hall–Kier alpha value is -4.00. The van der Waals surface area contributed by atoms with Gasteiger partial charge in [0.25, 0.3) is 10.0 Å². The molecule has 11 nitrogen and oxygen atoms in total. The zero-order valence-electron chi connectivity index (χ0n) is 20.2. The average Bonchev–Trinajstić information content (AvgIpc) is 3.42. The van der Waals surface area contributed by atoms with Crippen LogP contribution in [0.5, 0.6) is 11.5 Å². The van der Waals surface area contributed by atoms with Crippen molar-refractivity contribution in [1.29, 1.82) is 0 Å². The molecule has 0 aliphatic heterocycles. The lowest BCUT2D eigenvalue weighted by Gasteiger charge is -2.24. The van der Waals surface area contributed by atoms with Crippen molar-refractivity contribution >= 4 is 56.6 Å². The third-order valence-electron chi connectivity index (χ3n) is 5.33. The number of hydrogen-bond acceptors (Lipinski definition) is 8. The first kappa shape index (κ1) is 27.0. The number of amides is 2. The molecule has 198 valence electrons. The van der Waals surface area contributed by atoms with Crippen LogP contribution in [0.2, 0.25) is 10.0 Å². The van der Waals surface area contributed by atoms with Crippen molar-refractivity contribution in [3.8, 4) is 22.6 Å². The molecule has 0 aliphatic rings. The van der Waals surface area contributed by atoms with E-state index in [2.05, 4.69) is 24.7 Å². The Labute approximate surface area is 228 Å². The number of pyridine rings is 1. The van der Waals surface area contributed by atoms with Crippen molar-refractivity contribution in [2.24, 2.45) is 0 Å². The van der Waals surface area contributed by atoms with E-state index in [0.717, 1.165) is 6.20 Å². The van der Waals surface area contributed by atoms with Gasteiger partial charge in [0, 0.05) is 24.9 Å².